The fourth-order valence-electron chi connectivity index (χ4n) is 3.15. The zero-order valence-corrected chi connectivity index (χ0v) is 15.2. The van der Waals surface area contributed by atoms with E-state index in [9.17, 15) is 0 Å². The molecule has 0 aromatic heterocycles. The Balaban J connectivity index is 2.08. The summed E-state index contributed by atoms with van der Waals surface area (Å²) in [5.41, 5.74) is 7.25. The Labute approximate surface area is 141 Å². The topological polar surface area (TPSA) is 32.5 Å². The predicted molar refractivity (Wildman–Crippen MR) is 93.8 cm³/mol. The molecular weight excluding hydrogens is 350 g/mol. The van der Waals surface area contributed by atoms with E-state index in [1.165, 1.54) is 31.5 Å². The Morgan fingerprint density at radius 3 is 2.62 bits per heavy atom. The average molecular weight is 375 g/mol. The van der Waals surface area contributed by atoms with Gasteiger partial charge in [0.2, 0.25) is 0 Å². The second-order valence-electron chi connectivity index (χ2n) is 5.76. The molecule has 0 spiro atoms. The second-order valence-corrected chi connectivity index (χ2v) is 7.02. The van der Waals surface area contributed by atoms with Crippen molar-refractivity contribution in [3.8, 4) is 0 Å². The van der Waals surface area contributed by atoms with Gasteiger partial charge in [0, 0.05) is 23.1 Å². The molecule has 1 aromatic rings. The first-order valence-electron chi connectivity index (χ1n) is 7.66. The maximum Gasteiger partial charge on any atom is 0.0551 e. The van der Waals surface area contributed by atoms with Crippen LogP contribution in [0.5, 0.6) is 0 Å². The largest absolute Gasteiger partial charge is 0.329 e. The lowest BCUT2D eigenvalue weighted by Gasteiger charge is -2.40. The molecular formula is C16H25BrClN3. The first-order chi connectivity index (χ1) is 10.1. The zero-order chi connectivity index (χ0) is 15.4. The Bertz CT molecular complexity index is 461. The minimum atomic E-state index is 0.230. The number of piperidine rings is 1. The number of halogens is 2. The summed E-state index contributed by atoms with van der Waals surface area (Å²) in [6.07, 6.45) is 2.43. The number of nitrogens with zero attached hydrogens (tertiary/aromatic N) is 2. The van der Waals surface area contributed by atoms with Crippen LogP contribution in [0.1, 0.15) is 31.4 Å². The van der Waals surface area contributed by atoms with Gasteiger partial charge in [0.15, 0.2) is 0 Å². The van der Waals surface area contributed by atoms with Gasteiger partial charge in [0.1, 0.15) is 0 Å². The van der Waals surface area contributed by atoms with Crippen molar-refractivity contribution < 1.29 is 0 Å². The molecule has 1 aromatic carbocycles. The van der Waals surface area contributed by atoms with Crippen molar-refractivity contribution in [1.29, 1.82) is 0 Å². The van der Waals surface area contributed by atoms with Crippen molar-refractivity contribution in [1.82, 2.24) is 9.80 Å². The van der Waals surface area contributed by atoms with E-state index in [2.05, 4.69) is 45.8 Å². The predicted octanol–water partition coefficient (Wildman–Crippen LogP) is 3.52. The normalized spacial score (nSPS) is 19.1. The maximum absolute atomic E-state index is 6.23. The van der Waals surface area contributed by atoms with Gasteiger partial charge >= 0.3 is 0 Å². The highest BCUT2D eigenvalue weighted by molar-refractivity contribution is 9.10. The van der Waals surface area contributed by atoms with E-state index in [0.29, 0.717) is 12.6 Å². The molecule has 2 N–H and O–H groups in total. The van der Waals surface area contributed by atoms with Crippen molar-refractivity contribution in [2.24, 2.45) is 5.73 Å². The van der Waals surface area contributed by atoms with Crippen LogP contribution in [0.25, 0.3) is 0 Å². The highest BCUT2D eigenvalue weighted by atomic mass is 79.9. The quantitative estimate of drug-likeness (QED) is 0.856. The summed E-state index contributed by atoms with van der Waals surface area (Å²) in [5.74, 6) is 0. The number of nitrogens with two attached hydrogens (primary N) is 1. The molecule has 3 nitrogen and oxygen atoms in total. The standard InChI is InChI=1S/C16H25BrClN3/c1-3-21-8-6-13(7-9-21)20(2)16(11-19)12-4-5-14(17)15(18)10-12/h4-5,10,13,16H,3,6-9,11,19H2,1-2H3. The monoisotopic (exact) mass is 373 g/mol. The van der Waals surface area contributed by atoms with Crippen molar-refractivity contribution in [3.63, 3.8) is 0 Å². The van der Waals surface area contributed by atoms with Crippen LogP contribution in [0.15, 0.2) is 22.7 Å². The van der Waals surface area contributed by atoms with Gasteiger partial charge in [-0.2, -0.15) is 0 Å². The molecule has 0 aliphatic carbocycles. The van der Waals surface area contributed by atoms with Crippen molar-refractivity contribution in [3.05, 3.63) is 33.3 Å². The molecule has 21 heavy (non-hydrogen) atoms. The fraction of sp³-hybridized carbons (Fsp3) is 0.625. The third kappa shape index (κ3) is 4.20. The van der Waals surface area contributed by atoms with Crippen LogP contribution in [-0.2, 0) is 0 Å². The Hall–Kier alpha value is -0.130. The molecule has 5 heteroatoms. The lowest BCUT2D eigenvalue weighted by Crippen LogP contribution is -2.45. The summed E-state index contributed by atoms with van der Waals surface area (Å²) in [6, 6.07) is 6.98. The van der Waals surface area contributed by atoms with Crippen LogP contribution < -0.4 is 5.73 Å². The summed E-state index contributed by atoms with van der Waals surface area (Å²) >= 11 is 9.68. The van der Waals surface area contributed by atoms with Gasteiger partial charge in [0.25, 0.3) is 0 Å². The zero-order valence-electron chi connectivity index (χ0n) is 12.9. The van der Waals surface area contributed by atoms with Crippen molar-refractivity contribution in [2.45, 2.75) is 31.8 Å². The summed E-state index contributed by atoms with van der Waals surface area (Å²) in [5, 5.41) is 0.750. The van der Waals surface area contributed by atoms with Gasteiger partial charge in [-0.3, -0.25) is 4.90 Å². The number of likely N-dealkylation sites (N-methyl/N-ethyl adjacent to an activating group) is 1. The third-order valence-electron chi connectivity index (χ3n) is 4.62. The molecule has 1 aliphatic heterocycles. The van der Waals surface area contributed by atoms with Crippen LogP contribution >= 0.6 is 27.5 Å². The first kappa shape index (κ1) is 17.2. The average Bonchev–Trinajstić information content (AvgIpc) is 2.51. The van der Waals surface area contributed by atoms with Crippen molar-refractivity contribution in [2.75, 3.05) is 33.2 Å². The molecule has 1 fully saturated rings. The molecule has 0 bridgehead atoms. The van der Waals surface area contributed by atoms with Gasteiger partial charge in [0.05, 0.1) is 5.02 Å². The molecule has 1 heterocycles. The smallest absolute Gasteiger partial charge is 0.0551 e. The van der Waals surface area contributed by atoms with Crippen molar-refractivity contribution >= 4 is 27.5 Å². The van der Waals surface area contributed by atoms with E-state index in [1.54, 1.807) is 0 Å². The van der Waals surface area contributed by atoms with Gasteiger partial charge in [-0.1, -0.05) is 24.6 Å². The van der Waals surface area contributed by atoms with Gasteiger partial charge in [-0.05, 0) is 73.1 Å². The molecule has 0 saturated carbocycles. The highest BCUT2D eigenvalue weighted by Gasteiger charge is 2.27. The van der Waals surface area contributed by atoms with Gasteiger partial charge in [-0.15, -0.1) is 0 Å². The molecule has 118 valence electrons. The SMILES string of the molecule is CCN1CCC(N(C)C(CN)c2ccc(Br)c(Cl)c2)CC1. The first-order valence-corrected chi connectivity index (χ1v) is 8.83. The molecule has 1 saturated heterocycles. The number of benzene rings is 1. The molecule has 0 amide bonds. The van der Waals surface area contributed by atoms with Crippen LogP contribution in [-0.4, -0.2) is 49.1 Å². The minimum Gasteiger partial charge on any atom is -0.329 e. The second kappa shape index (κ2) is 7.93. The highest BCUT2D eigenvalue weighted by Crippen LogP contribution is 2.30. The van der Waals surface area contributed by atoms with Gasteiger partial charge < -0.3 is 10.6 Å². The third-order valence-corrected chi connectivity index (χ3v) is 5.86. The number of rotatable bonds is 5. The number of hydrogen-bond acceptors (Lipinski definition) is 3. The summed E-state index contributed by atoms with van der Waals surface area (Å²) in [4.78, 5) is 4.95. The van der Waals surface area contributed by atoms with E-state index in [4.69, 9.17) is 17.3 Å². The Kier molecular flexibility index (Phi) is 6.51. The van der Waals surface area contributed by atoms with E-state index >= 15 is 0 Å². The van der Waals surface area contributed by atoms with Crippen LogP contribution in [0, 0.1) is 0 Å². The van der Waals surface area contributed by atoms with E-state index in [1.807, 2.05) is 12.1 Å². The molecule has 0 radical (unpaired) electrons. The van der Waals surface area contributed by atoms with Crippen LogP contribution in [0.3, 0.4) is 0 Å². The van der Waals surface area contributed by atoms with E-state index < -0.39 is 0 Å². The van der Waals surface area contributed by atoms with Crippen LogP contribution in [0.4, 0.5) is 0 Å². The summed E-state index contributed by atoms with van der Waals surface area (Å²) in [6.45, 7) is 6.37. The molecule has 1 aliphatic rings. The molecule has 1 unspecified atom stereocenters. The maximum atomic E-state index is 6.23. The van der Waals surface area contributed by atoms with E-state index in [-0.39, 0.29) is 6.04 Å². The number of likely N-dealkylation sites (tertiary alicyclic amines) is 1. The fourth-order valence-corrected chi connectivity index (χ4v) is 3.59. The minimum absolute atomic E-state index is 0.230. The Morgan fingerprint density at radius 2 is 2.10 bits per heavy atom. The Morgan fingerprint density at radius 1 is 1.43 bits per heavy atom. The summed E-state index contributed by atoms with van der Waals surface area (Å²) in [7, 11) is 2.19. The summed E-state index contributed by atoms with van der Waals surface area (Å²) < 4.78 is 0.933. The van der Waals surface area contributed by atoms with Gasteiger partial charge in [-0.25, -0.2) is 0 Å². The lowest BCUT2D eigenvalue weighted by molar-refractivity contribution is 0.101. The van der Waals surface area contributed by atoms with E-state index in [0.717, 1.165) is 16.0 Å². The molecule has 2 rings (SSSR count). The van der Waals surface area contributed by atoms with Crippen LogP contribution in [0.2, 0.25) is 5.02 Å². The molecule has 1 atom stereocenters. The lowest BCUT2D eigenvalue weighted by atomic mass is 9.98. The number of hydrogen-bond donors (Lipinski definition) is 1.